The zero-order chi connectivity index (χ0) is 13.8. The summed E-state index contributed by atoms with van der Waals surface area (Å²) in [6, 6.07) is 5.93. The number of hydrogen-bond donors (Lipinski definition) is 1. The van der Waals surface area contributed by atoms with Crippen LogP contribution < -0.4 is 5.32 Å². The summed E-state index contributed by atoms with van der Waals surface area (Å²) in [6.45, 7) is 6.78. The maximum atomic E-state index is 6.18. The van der Waals surface area contributed by atoms with Crippen molar-refractivity contribution in [2.45, 2.75) is 38.8 Å². The van der Waals surface area contributed by atoms with Gasteiger partial charge in [0.2, 0.25) is 0 Å². The molecule has 0 aliphatic rings. The van der Waals surface area contributed by atoms with Crippen LogP contribution in [0.3, 0.4) is 0 Å². The molecular formula is C14H21Cl2NO. The Bertz CT molecular complexity index is 388. The summed E-state index contributed by atoms with van der Waals surface area (Å²) in [7, 11) is 1.93. The van der Waals surface area contributed by atoms with Crippen LogP contribution in [-0.2, 0) is 11.2 Å². The van der Waals surface area contributed by atoms with E-state index < -0.39 is 0 Å². The van der Waals surface area contributed by atoms with E-state index in [1.54, 1.807) is 6.07 Å². The predicted octanol–water partition coefficient (Wildman–Crippen LogP) is 3.94. The lowest BCUT2D eigenvalue weighted by Crippen LogP contribution is -2.36. The van der Waals surface area contributed by atoms with Gasteiger partial charge in [-0.2, -0.15) is 0 Å². The van der Waals surface area contributed by atoms with Crippen LogP contribution in [0, 0.1) is 0 Å². The van der Waals surface area contributed by atoms with Crippen LogP contribution in [0.4, 0.5) is 0 Å². The lowest BCUT2D eigenvalue weighted by atomic mass is 10.1. The molecule has 102 valence electrons. The van der Waals surface area contributed by atoms with Gasteiger partial charge in [0, 0.05) is 6.04 Å². The highest BCUT2D eigenvalue weighted by atomic mass is 35.5. The Labute approximate surface area is 120 Å². The van der Waals surface area contributed by atoms with Gasteiger partial charge in [0.1, 0.15) is 0 Å². The van der Waals surface area contributed by atoms with E-state index in [-0.39, 0.29) is 11.6 Å². The van der Waals surface area contributed by atoms with E-state index in [1.165, 1.54) is 0 Å². The quantitative estimate of drug-likeness (QED) is 0.887. The average Bonchev–Trinajstić information content (AvgIpc) is 2.28. The Balaban J connectivity index is 2.65. The topological polar surface area (TPSA) is 21.3 Å². The third kappa shape index (κ3) is 5.15. The minimum Gasteiger partial charge on any atom is -0.374 e. The maximum Gasteiger partial charge on any atom is 0.0629 e. The molecule has 0 aliphatic heterocycles. The first-order valence-corrected chi connectivity index (χ1v) is 6.83. The summed E-state index contributed by atoms with van der Waals surface area (Å²) in [5.74, 6) is 0. The highest BCUT2D eigenvalue weighted by Crippen LogP contribution is 2.26. The van der Waals surface area contributed by atoms with Gasteiger partial charge >= 0.3 is 0 Å². The van der Waals surface area contributed by atoms with Crippen LogP contribution in [-0.4, -0.2) is 25.3 Å². The summed E-state index contributed by atoms with van der Waals surface area (Å²) < 4.78 is 5.79. The molecule has 0 spiro atoms. The molecule has 0 saturated heterocycles. The van der Waals surface area contributed by atoms with Crippen molar-refractivity contribution in [3.63, 3.8) is 0 Å². The monoisotopic (exact) mass is 289 g/mol. The number of likely N-dealkylation sites (N-methyl/N-ethyl adjacent to an activating group) is 1. The predicted molar refractivity (Wildman–Crippen MR) is 78.7 cm³/mol. The molecule has 0 aromatic heterocycles. The molecule has 0 aliphatic carbocycles. The summed E-state index contributed by atoms with van der Waals surface area (Å²) in [4.78, 5) is 0. The number of hydrogen-bond acceptors (Lipinski definition) is 2. The first-order chi connectivity index (χ1) is 8.33. The van der Waals surface area contributed by atoms with Gasteiger partial charge in [-0.05, 0) is 45.9 Å². The molecule has 1 N–H and O–H groups in total. The van der Waals surface area contributed by atoms with Crippen LogP contribution in [0.1, 0.15) is 26.3 Å². The van der Waals surface area contributed by atoms with E-state index in [2.05, 4.69) is 5.32 Å². The fourth-order valence-corrected chi connectivity index (χ4v) is 1.96. The molecule has 0 radical (unpaired) electrons. The van der Waals surface area contributed by atoms with Gasteiger partial charge in [0.05, 0.1) is 22.3 Å². The molecule has 0 fully saturated rings. The van der Waals surface area contributed by atoms with Gasteiger partial charge in [-0.1, -0.05) is 35.3 Å². The standard InChI is InChI=1S/C14H21Cl2NO/c1-14(2,3)18-9-11(17-4)8-10-6-5-7-12(15)13(10)16/h5-7,11,17H,8-9H2,1-4H3. The zero-order valence-electron chi connectivity index (χ0n) is 11.4. The number of nitrogens with one attached hydrogen (secondary N) is 1. The third-order valence-corrected chi connectivity index (χ3v) is 3.48. The fraction of sp³-hybridized carbons (Fsp3) is 0.571. The molecule has 1 unspecified atom stereocenters. The molecule has 1 atom stereocenters. The second-order valence-corrected chi connectivity index (χ2v) is 6.11. The van der Waals surface area contributed by atoms with Crippen molar-refractivity contribution >= 4 is 23.2 Å². The van der Waals surface area contributed by atoms with Crippen LogP contribution in [0.2, 0.25) is 10.0 Å². The van der Waals surface area contributed by atoms with E-state index in [1.807, 2.05) is 40.0 Å². The van der Waals surface area contributed by atoms with Gasteiger partial charge in [0.25, 0.3) is 0 Å². The van der Waals surface area contributed by atoms with Crippen LogP contribution in [0.15, 0.2) is 18.2 Å². The first-order valence-electron chi connectivity index (χ1n) is 6.07. The van der Waals surface area contributed by atoms with Gasteiger partial charge < -0.3 is 10.1 Å². The molecule has 4 heteroatoms. The largest absolute Gasteiger partial charge is 0.374 e. The smallest absolute Gasteiger partial charge is 0.0629 e. The Morgan fingerprint density at radius 1 is 1.28 bits per heavy atom. The summed E-state index contributed by atoms with van der Waals surface area (Å²) in [5, 5.41) is 4.48. The SMILES string of the molecule is CNC(COC(C)(C)C)Cc1cccc(Cl)c1Cl. The number of benzene rings is 1. The minimum absolute atomic E-state index is 0.132. The second-order valence-electron chi connectivity index (χ2n) is 5.33. The van der Waals surface area contributed by atoms with E-state index in [0.717, 1.165) is 12.0 Å². The highest BCUT2D eigenvalue weighted by Gasteiger charge is 2.16. The average molecular weight is 290 g/mol. The second kappa shape index (κ2) is 6.76. The molecule has 1 aromatic rings. The molecule has 0 saturated carbocycles. The van der Waals surface area contributed by atoms with E-state index in [0.29, 0.717) is 16.7 Å². The Kier molecular flexibility index (Phi) is 5.93. The van der Waals surface area contributed by atoms with E-state index in [4.69, 9.17) is 27.9 Å². The number of ether oxygens (including phenoxy) is 1. The molecular weight excluding hydrogens is 269 g/mol. The van der Waals surface area contributed by atoms with Crippen molar-refractivity contribution in [1.29, 1.82) is 0 Å². The van der Waals surface area contributed by atoms with Gasteiger partial charge in [-0.25, -0.2) is 0 Å². The van der Waals surface area contributed by atoms with Crippen LogP contribution >= 0.6 is 23.2 Å². The normalized spacial score (nSPS) is 13.7. The summed E-state index contributed by atoms with van der Waals surface area (Å²) >= 11 is 12.2. The van der Waals surface area contributed by atoms with Crippen molar-refractivity contribution < 1.29 is 4.74 Å². The van der Waals surface area contributed by atoms with E-state index >= 15 is 0 Å². The molecule has 1 rings (SSSR count). The first kappa shape index (κ1) is 15.8. The summed E-state index contributed by atoms with van der Waals surface area (Å²) in [5.41, 5.74) is 0.911. The minimum atomic E-state index is -0.132. The lowest BCUT2D eigenvalue weighted by Gasteiger charge is -2.24. The van der Waals surface area contributed by atoms with E-state index in [9.17, 15) is 0 Å². The van der Waals surface area contributed by atoms with Crippen molar-refractivity contribution in [3.8, 4) is 0 Å². The third-order valence-electron chi connectivity index (χ3n) is 2.62. The van der Waals surface area contributed by atoms with Gasteiger partial charge in [-0.15, -0.1) is 0 Å². The molecule has 1 aromatic carbocycles. The lowest BCUT2D eigenvalue weighted by molar-refractivity contribution is -0.0134. The molecule has 0 amide bonds. The number of halogens is 2. The Morgan fingerprint density at radius 2 is 1.94 bits per heavy atom. The Morgan fingerprint density at radius 3 is 2.50 bits per heavy atom. The fourth-order valence-electron chi connectivity index (χ4n) is 1.57. The van der Waals surface area contributed by atoms with Crippen molar-refractivity contribution in [3.05, 3.63) is 33.8 Å². The van der Waals surface area contributed by atoms with Crippen LogP contribution in [0.5, 0.6) is 0 Å². The van der Waals surface area contributed by atoms with Gasteiger partial charge in [-0.3, -0.25) is 0 Å². The number of rotatable bonds is 5. The molecule has 0 bridgehead atoms. The van der Waals surface area contributed by atoms with Crippen molar-refractivity contribution in [1.82, 2.24) is 5.32 Å². The van der Waals surface area contributed by atoms with Crippen molar-refractivity contribution in [2.75, 3.05) is 13.7 Å². The maximum absolute atomic E-state index is 6.18. The molecule has 18 heavy (non-hydrogen) atoms. The van der Waals surface area contributed by atoms with Gasteiger partial charge in [0.15, 0.2) is 0 Å². The van der Waals surface area contributed by atoms with Crippen molar-refractivity contribution in [2.24, 2.45) is 0 Å². The molecule has 2 nitrogen and oxygen atoms in total. The zero-order valence-corrected chi connectivity index (χ0v) is 12.9. The van der Waals surface area contributed by atoms with Crippen LogP contribution in [0.25, 0.3) is 0 Å². The summed E-state index contributed by atoms with van der Waals surface area (Å²) in [6.07, 6.45) is 0.798. The molecule has 0 heterocycles. The Hall–Kier alpha value is -0.280. The highest BCUT2D eigenvalue weighted by molar-refractivity contribution is 6.42.